The van der Waals surface area contributed by atoms with Crippen LogP contribution in [0.2, 0.25) is 0 Å². The lowest BCUT2D eigenvalue weighted by molar-refractivity contribution is 0.139. The Kier molecular flexibility index (Phi) is 2.31. The zero-order chi connectivity index (χ0) is 14.7. The number of rotatable bonds is 1. The maximum atomic E-state index is 6.16. The summed E-state index contributed by atoms with van der Waals surface area (Å²) in [5.74, 6) is 4.18. The van der Waals surface area contributed by atoms with Gasteiger partial charge in [0.2, 0.25) is 6.79 Å². The first kappa shape index (κ1) is 12.0. The lowest BCUT2D eigenvalue weighted by atomic mass is 9.89. The zero-order valence-electron chi connectivity index (χ0n) is 12.0. The molecule has 0 saturated carbocycles. The fourth-order valence-corrected chi connectivity index (χ4v) is 3.36. The van der Waals surface area contributed by atoms with E-state index in [9.17, 15) is 0 Å². The molecule has 0 bridgehead atoms. The van der Waals surface area contributed by atoms with Crippen molar-refractivity contribution in [3.63, 3.8) is 0 Å². The quantitative estimate of drug-likeness (QED) is 0.810. The highest BCUT2D eigenvalue weighted by Crippen LogP contribution is 2.53. The highest BCUT2D eigenvalue weighted by molar-refractivity contribution is 5.57. The highest BCUT2D eigenvalue weighted by atomic mass is 16.7. The smallest absolute Gasteiger partial charge is 0.231 e. The Bertz CT molecular complexity index is 770. The second-order valence-electron chi connectivity index (χ2n) is 5.60. The first-order valence-corrected chi connectivity index (χ1v) is 7.24. The molecule has 0 saturated heterocycles. The van der Waals surface area contributed by atoms with Crippen molar-refractivity contribution < 1.29 is 23.7 Å². The molecule has 5 nitrogen and oxygen atoms in total. The molecule has 2 aromatic rings. The molecule has 0 aliphatic carbocycles. The molecule has 3 aliphatic heterocycles. The van der Waals surface area contributed by atoms with Crippen LogP contribution in [0, 0.1) is 0 Å². The van der Waals surface area contributed by atoms with Gasteiger partial charge in [-0.25, -0.2) is 0 Å². The van der Waals surface area contributed by atoms with Crippen molar-refractivity contribution >= 4 is 0 Å². The SMILES string of the molecule is COc1ccc2c(c1)C1COc3cc4c(cc3C1O2)OCO4. The van der Waals surface area contributed by atoms with Crippen LogP contribution < -0.4 is 23.7 Å². The third-order valence-electron chi connectivity index (χ3n) is 4.47. The summed E-state index contributed by atoms with van der Waals surface area (Å²) in [5.41, 5.74) is 2.14. The Morgan fingerprint density at radius 1 is 0.909 bits per heavy atom. The van der Waals surface area contributed by atoms with Crippen molar-refractivity contribution in [1.82, 2.24) is 0 Å². The normalized spacial score (nSPS) is 23.0. The fourth-order valence-electron chi connectivity index (χ4n) is 3.36. The predicted molar refractivity (Wildman–Crippen MR) is 77.2 cm³/mol. The van der Waals surface area contributed by atoms with E-state index in [4.69, 9.17) is 23.7 Å². The van der Waals surface area contributed by atoms with Gasteiger partial charge in [-0.15, -0.1) is 0 Å². The lowest BCUT2D eigenvalue weighted by Gasteiger charge is -2.28. The molecule has 2 aromatic carbocycles. The molecule has 22 heavy (non-hydrogen) atoms. The molecule has 2 unspecified atom stereocenters. The Balaban J connectivity index is 1.60. The van der Waals surface area contributed by atoms with Gasteiger partial charge in [-0.1, -0.05) is 0 Å². The number of fused-ring (bicyclic) bond motifs is 6. The van der Waals surface area contributed by atoms with Crippen molar-refractivity contribution in [3.05, 3.63) is 41.5 Å². The van der Waals surface area contributed by atoms with Crippen LogP contribution in [0.25, 0.3) is 0 Å². The minimum absolute atomic E-state index is 0.0552. The van der Waals surface area contributed by atoms with Gasteiger partial charge in [-0.3, -0.25) is 0 Å². The van der Waals surface area contributed by atoms with Gasteiger partial charge in [-0.2, -0.15) is 0 Å². The van der Waals surface area contributed by atoms with Crippen LogP contribution in [-0.4, -0.2) is 20.5 Å². The van der Waals surface area contributed by atoms with E-state index in [2.05, 4.69) is 0 Å². The molecule has 5 heteroatoms. The second-order valence-corrected chi connectivity index (χ2v) is 5.60. The van der Waals surface area contributed by atoms with Gasteiger partial charge >= 0.3 is 0 Å². The summed E-state index contributed by atoms with van der Waals surface area (Å²) in [6.45, 7) is 0.835. The van der Waals surface area contributed by atoms with Crippen molar-refractivity contribution in [2.24, 2.45) is 0 Å². The number of methoxy groups -OCH3 is 1. The van der Waals surface area contributed by atoms with Crippen LogP contribution in [0.3, 0.4) is 0 Å². The van der Waals surface area contributed by atoms with Crippen LogP contribution in [-0.2, 0) is 0 Å². The first-order chi connectivity index (χ1) is 10.8. The third-order valence-corrected chi connectivity index (χ3v) is 4.47. The summed E-state index contributed by atoms with van der Waals surface area (Å²) in [5, 5.41) is 0. The average molecular weight is 298 g/mol. The molecule has 2 atom stereocenters. The summed E-state index contributed by atoms with van der Waals surface area (Å²) >= 11 is 0. The maximum Gasteiger partial charge on any atom is 0.231 e. The largest absolute Gasteiger partial charge is 0.497 e. The summed E-state index contributed by atoms with van der Waals surface area (Å²) in [4.78, 5) is 0. The van der Waals surface area contributed by atoms with Gasteiger partial charge in [-0.05, 0) is 24.3 Å². The molecule has 0 fully saturated rings. The first-order valence-electron chi connectivity index (χ1n) is 7.24. The molecule has 3 heterocycles. The van der Waals surface area contributed by atoms with Crippen LogP contribution in [0.1, 0.15) is 23.1 Å². The Morgan fingerprint density at radius 2 is 1.77 bits per heavy atom. The average Bonchev–Trinajstić information content (AvgIpc) is 3.15. The van der Waals surface area contributed by atoms with Crippen LogP contribution in [0.5, 0.6) is 28.7 Å². The van der Waals surface area contributed by atoms with E-state index in [-0.39, 0.29) is 18.8 Å². The van der Waals surface area contributed by atoms with Crippen molar-refractivity contribution in [1.29, 1.82) is 0 Å². The van der Waals surface area contributed by atoms with Crippen molar-refractivity contribution in [2.75, 3.05) is 20.5 Å². The molecular formula is C17H14O5. The summed E-state index contributed by atoms with van der Waals surface area (Å²) in [6.07, 6.45) is -0.0552. The standard InChI is InChI=1S/C17H14O5/c1-18-9-2-3-13-10(4-9)12-7-19-14-6-16-15(20-8-21-16)5-11(14)17(12)22-13/h2-6,12,17H,7-8H2,1H3. The molecular weight excluding hydrogens is 284 g/mol. The van der Waals surface area contributed by atoms with Gasteiger partial charge in [0.15, 0.2) is 11.5 Å². The van der Waals surface area contributed by atoms with E-state index in [1.165, 1.54) is 0 Å². The second kappa shape index (κ2) is 4.22. The van der Waals surface area contributed by atoms with Crippen LogP contribution in [0.4, 0.5) is 0 Å². The molecule has 0 radical (unpaired) electrons. The van der Waals surface area contributed by atoms with E-state index in [1.54, 1.807) is 7.11 Å². The Hall–Kier alpha value is -2.56. The maximum absolute atomic E-state index is 6.16. The van der Waals surface area contributed by atoms with Gasteiger partial charge in [0.1, 0.15) is 23.4 Å². The third kappa shape index (κ3) is 1.53. The molecule has 0 amide bonds. The van der Waals surface area contributed by atoms with Crippen LogP contribution >= 0.6 is 0 Å². The number of hydrogen-bond donors (Lipinski definition) is 0. The Labute approximate surface area is 127 Å². The van der Waals surface area contributed by atoms with Crippen LogP contribution in [0.15, 0.2) is 30.3 Å². The molecule has 5 rings (SSSR count). The number of hydrogen-bond acceptors (Lipinski definition) is 5. The minimum atomic E-state index is -0.0552. The van der Waals surface area contributed by atoms with Gasteiger partial charge < -0.3 is 23.7 Å². The van der Waals surface area contributed by atoms with Gasteiger partial charge in [0.05, 0.1) is 19.6 Å². The summed E-state index contributed by atoms with van der Waals surface area (Å²) in [6, 6.07) is 9.76. The predicted octanol–water partition coefficient (Wildman–Crippen LogP) is 3.03. The molecule has 0 N–H and O–H groups in total. The highest BCUT2D eigenvalue weighted by Gasteiger charge is 2.42. The number of ether oxygens (including phenoxy) is 5. The van der Waals surface area contributed by atoms with Gasteiger partial charge in [0, 0.05) is 17.2 Å². The summed E-state index contributed by atoms with van der Waals surface area (Å²) in [7, 11) is 1.67. The van der Waals surface area contributed by atoms with E-state index in [0.29, 0.717) is 6.61 Å². The lowest BCUT2D eigenvalue weighted by Crippen LogP contribution is -2.23. The molecule has 0 spiro atoms. The topological polar surface area (TPSA) is 46.2 Å². The monoisotopic (exact) mass is 298 g/mol. The van der Waals surface area contributed by atoms with E-state index in [1.807, 2.05) is 30.3 Å². The molecule has 0 aromatic heterocycles. The van der Waals surface area contributed by atoms with Crippen molar-refractivity contribution in [3.8, 4) is 28.7 Å². The number of benzene rings is 2. The van der Waals surface area contributed by atoms with E-state index >= 15 is 0 Å². The van der Waals surface area contributed by atoms with E-state index < -0.39 is 0 Å². The zero-order valence-corrected chi connectivity index (χ0v) is 12.0. The molecule has 3 aliphatic rings. The van der Waals surface area contributed by atoms with E-state index in [0.717, 1.165) is 39.9 Å². The molecule has 112 valence electrons. The fraction of sp³-hybridized carbons (Fsp3) is 0.294. The van der Waals surface area contributed by atoms with Gasteiger partial charge in [0.25, 0.3) is 0 Å². The Morgan fingerprint density at radius 3 is 2.64 bits per heavy atom. The minimum Gasteiger partial charge on any atom is -0.497 e. The van der Waals surface area contributed by atoms with Crippen molar-refractivity contribution in [2.45, 2.75) is 12.0 Å². The summed E-state index contributed by atoms with van der Waals surface area (Å²) < 4.78 is 28.3.